The molecule has 1 unspecified atom stereocenters. The molecule has 2 N–H and O–H groups in total. The van der Waals surface area contributed by atoms with Gasteiger partial charge in [0.2, 0.25) is 11.9 Å². The van der Waals surface area contributed by atoms with Gasteiger partial charge in [-0.1, -0.05) is 6.42 Å². The number of nitrogen functional groups attached to an aromatic ring is 1. The first kappa shape index (κ1) is 12.3. The minimum absolute atomic E-state index is 0.378. The van der Waals surface area contributed by atoms with E-state index in [0.717, 1.165) is 31.4 Å². The van der Waals surface area contributed by atoms with Crippen molar-refractivity contribution in [2.45, 2.75) is 44.1 Å². The summed E-state index contributed by atoms with van der Waals surface area (Å²) in [6, 6.07) is 0.667. The summed E-state index contributed by atoms with van der Waals surface area (Å²) >= 11 is 0. The SMILES string of the molecule is Nc1nc(C2CC2)nc(N2CCN3CCCCC3C2)n1. The van der Waals surface area contributed by atoms with Gasteiger partial charge < -0.3 is 10.6 Å². The first-order valence-corrected chi connectivity index (χ1v) is 7.80. The lowest BCUT2D eigenvalue weighted by Gasteiger charge is -2.44. The molecule has 1 aromatic heterocycles. The Morgan fingerprint density at radius 3 is 2.70 bits per heavy atom. The summed E-state index contributed by atoms with van der Waals surface area (Å²) in [4.78, 5) is 18.2. The van der Waals surface area contributed by atoms with Crippen LogP contribution in [0, 0.1) is 0 Å². The summed E-state index contributed by atoms with van der Waals surface area (Å²) in [5, 5.41) is 0. The van der Waals surface area contributed by atoms with Crippen molar-refractivity contribution in [3.05, 3.63) is 5.82 Å². The van der Waals surface area contributed by atoms with E-state index >= 15 is 0 Å². The van der Waals surface area contributed by atoms with E-state index in [9.17, 15) is 0 Å². The molecule has 1 saturated carbocycles. The number of fused-ring (bicyclic) bond motifs is 1. The van der Waals surface area contributed by atoms with Gasteiger partial charge in [-0.05, 0) is 32.2 Å². The number of piperidine rings is 1. The average molecular weight is 274 g/mol. The predicted octanol–water partition coefficient (Wildman–Crippen LogP) is 1.01. The van der Waals surface area contributed by atoms with Crippen molar-refractivity contribution in [1.82, 2.24) is 19.9 Å². The van der Waals surface area contributed by atoms with Gasteiger partial charge in [-0.3, -0.25) is 4.90 Å². The second kappa shape index (κ2) is 4.84. The molecular formula is C14H22N6. The Hall–Kier alpha value is -1.43. The maximum absolute atomic E-state index is 5.86. The fourth-order valence-corrected chi connectivity index (χ4v) is 3.40. The number of aromatic nitrogens is 3. The molecule has 0 spiro atoms. The monoisotopic (exact) mass is 274 g/mol. The second-order valence-corrected chi connectivity index (χ2v) is 6.26. The van der Waals surface area contributed by atoms with Crippen LogP contribution in [0.15, 0.2) is 0 Å². The number of anilines is 2. The van der Waals surface area contributed by atoms with Crippen LogP contribution in [0.1, 0.15) is 43.8 Å². The summed E-state index contributed by atoms with van der Waals surface area (Å²) < 4.78 is 0. The van der Waals surface area contributed by atoms with Gasteiger partial charge in [-0.25, -0.2) is 0 Å². The minimum Gasteiger partial charge on any atom is -0.368 e. The maximum Gasteiger partial charge on any atom is 0.230 e. The highest BCUT2D eigenvalue weighted by atomic mass is 15.4. The number of nitrogens with zero attached hydrogens (tertiary/aromatic N) is 5. The van der Waals surface area contributed by atoms with Gasteiger partial charge in [0.15, 0.2) is 0 Å². The molecule has 0 aromatic carbocycles. The van der Waals surface area contributed by atoms with Gasteiger partial charge in [0.25, 0.3) is 0 Å². The van der Waals surface area contributed by atoms with Crippen molar-refractivity contribution in [2.24, 2.45) is 0 Å². The molecule has 0 amide bonds. The summed E-state index contributed by atoms with van der Waals surface area (Å²) in [6.45, 7) is 4.41. The fourth-order valence-electron chi connectivity index (χ4n) is 3.40. The Morgan fingerprint density at radius 2 is 1.85 bits per heavy atom. The first-order valence-electron chi connectivity index (χ1n) is 7.80. The van der Waals surface area contributed by atoms with Crippen molar-refractivity contribution < 1.29 is 0 Å². The van der Waals surface area contributed by atoms with E-state index in [0.29, 0.717) is 17.9 Å². The Balaban J connectivity index is 1.55. The van der Waals surface area contributed by atoms with Gasteiger partial charge >= 0.3 is 0 Å². The van der Waals surface area contributed by atoms with E-state index in [2.05, 4.69) is 24.8 Å². The molecule has 3 heterocycles. The van der Waals surface area contributed by atoms with Crippen LogP contribution < -0.4 is 10.6 Å². The zero-order valence-electron chi connectivity index (χ0n) is 11.8. The summed E-state index contributed by atoms with van der Waals surface area (Å²) in [5.74, 6) is 2.60. The molecule has 1 atom stereocenters. The number of nitrogens with two attached hydrogens (primary N) is 1. The average Bonchev–Trinajstić information content (AvgIpc) is 3.31. The maximum atomic E-state index is 5.86. The molecule has 20 heavy (non-hydrogen) atoms. The van der Waals surface area contributed by atoms with Gasteiger partial charge in [-0.2, -0.15) is 15.0 Å². The highest BCUT2D eigenvalue weighted by Gasteiger charge is 2.32. The minimum atomic E-state index is 0.378. The number of hydrogen-bond acceptors (Lipinski definition) is 6. The lowest BCUT2D eigenvalue weighted by molar-refractivity contribution is 0.132. The summed E-state index contributed by atoms with van der Waals surface area (Å²) in [5.41, 5.74) is 5.86. The van der Waals surface area contributed by atoms with Crippen molar-refractivity contribution >= 4 is 11.9 Å². The van der Waals surface area contributed by atoms with Gasteiger partial charge in [0.05, 0.1) is 0 Å². The number of rotatable bonds is 2. The van der Waals surface area contributed by atoms with E-state index in [-0.39, 0.29) is 0 Å². The first-order chi connectivity index (χ1) is 9.79. The smallest absolute Gasteiger partial charge is 0.230 e. The van der Waals surface area contributed by atoms with E-state index < -0.39 is 0 Å². The number of piperazine rings is 1. The van der Waals surface area contributed by atoms with Crippen molar-refractivity contribution in [2.75, 3.05) is 36.8 Å². The molecule has 6 nitrogen and oxygen atoms in total. The lowest BCUT2D eigenvalue weighted by Crippen LogP contribution is -2.55. The van der Waals surface area contributed by atoms with Gasteiger partial charge in [0.1, 0.15) is 5.82 Å². The third-order valence-electron chi connectivity index (χ3n) is 4.72. The standard InChI is InChI=1S/C14H22N6/c15-13-16-12(10-4-5-10)17-14(18-13)20-8-7-19-6-2-1-3-11(19)9-20/h10-11H,1-9H2,(H2,15,16,17,18). The Kier molecular flexibility index (Phi) is 2.98. The molecular weight excluding hydrogens is 252 g/mol. The Labute approximate surface area is 119 Å². The van der Waals surface area contributed by atoms with Gasteiger partial charge in [-0.15, -0.1) is 0 Å². The molecule has 0 bridgehead atoms. The molecule has 3 aliphatic rings. The topological polar surface area (TPSA) is 71.2 Å². The fraction of sp³-hybridized carbons (Fsp3) is 0.786. The van der Waals surface area contributed by atoms with Gasteiger partial charge in [0, 0.05) is 31.6 Å². The quantitative estimate of drug-likeness (QED) is 0.867. The zero-order chi connectivity index (χ0) is 13.5. The van der Waals surface area contributed by atoms with Crippen LogP contribution in [0.2, 0.25) is 0 Å². The summed E-state index contributed by atoms with van der Waals surface area (Å²) in [6.07, 6.45) is 6.38. The number of hydrogen-bond donors (Lipinski definition) is 1. The lowest BCUT2D eigenvalue weighted by atomic mass is 10.00. The zero-order valence-corrected chi connectivity index (χ0v) is 11.8. The van der Waals surface area contributed by atoms with Crippen LogP contribution in [0.4, 0.5) is 11.9 Å². The van der Waals surface area contributed by atoms with Crippen molar-refractivity contribution in [3.63, 3.8) is 0 Å². The van der Waals surface area contributed by atoms with E-state index in [1.807, 2.05) is 0 Å². The van der Waals surface area contributed by atoms with Crippen LogP contribution in [0.25, 0.3) is 0 Å². The van der Waals surface area contributed by atoms with Crippen LogP contribution in [0.5, 0.6) is 0 Å². The molecule has 4 rings (SSSR count). The second-order valence-electron chi connectivity index (χ2n) is 6.26. The van der Waals surface area contributed by atoms with E-state index in [4.69, 9.17) is 5.73 Å². The highest BCUT2D eigenvalue weighted by molar-refractivity contribution is 5.37. The third kappa shape index (κ3) is 2.32. The molecule has 108 valence electrons. The molecule has 2 aliphatic heterocycles. The van der Waals surface area contributed by atoms with Crippen LogP contribution >= 0.6 is 0 Å². The Bertz CT molecular complexity index is 500. The highest BCUT2D eigenvalue weighted by Crippen LogP contribution is 2.38. The van der Waals surface area contributed by atoms with Crippen molar-refractivity contribution in [3.8, 4) is 0 Å². The predicted molar refractivity (Wildman–Crippen MR) is 77.6 cm³/mol. The van der Waals surface area contributed by atoms with E-state index in [1.54, 1.807) is 0 Å². The van der Waals surface area contributed by atoms with E-state index in [1.165, 1.54) is 38.6 Å². The molecule has 3 fully saturated rings. The molecule has 0 radical (unpaired) electrons. The molecule has 2 saturated heterocycles. The molecule has 1 aliphatic carbocycles. The largest absolute Gasteiger partial charge is 0.368 e. The van der Waals surface area contributed by atoms with Crippen LogP contribution in [-0.2, 0) is 0 Å². The van der Waals surface area contributed by atoms with Crippen LogP contribution in [0.3, 0.4) is 0 Å². The third-order valence-corrected chi connectivity index (χ3v) is 4.72. The Morgan fingerprint density at radius 1 is 0.950 bits per heavy atom. The molecule has 1 aromatic rings. The normalized spacial score (nSPS) is 27.4. The summed E-state index contributed by atoms with van der Waals surface area (Å²) in [7, 11) is 0. The van der Waals surface area contributed by atoms with Crippen molar-refractivity contribution in [1.29, 1.82) is 0 Å². The van der Waals surface area contributed by atoms with Crippen LogP contribution in [-0.4, -0.2) is 52.1 Å². The molecule has 6 heteroatoms.